The maximum Gasteiger partial charge on any atom is 0.123 e. The van der Waals surface area contributed by atoms with E-state index in [1.54, 1.807) is 11.3 Å². The summed E-state index contributed by atoms with van der Waals surface area (Å²) in [5.41, 5.74) is 3.86. The Hall–Kier alpha value is -1.71. The Morgan fingerprint density at radius 3 is 2.29 bits per heavy atom. The monoisotopic (exact) mass is 354 g/mol. The van der Waals surface area contributed by atoms with Gasteiger partial charge in [-0.15, -0.1) is 11.3 Å². The highest BCUT2D eigenvalue weighted by Gasteiger charge is 2.17. The molecule has 0 aliphatic heterocycles. The Kier molecular flexibility index (Phi) is 4.75. The van der Waals surface area contributed by atoms with Gasteiger partial charge in [-0.2, -0.15) is 0 Å². The summed E-state index contributed by atoms with van der Waals surface area (Å²) in [6.07, 6.45) is 0.968. The van der Waals surface area contributed by atoms with Crippen molar-refractivity contribution in [1.29, 1.82) is 0 Å². The van der Waals surface area contributed by atoms with Gasteiger partial charge >= 0.3 is 0 Å². The zero-order chi connectivity index (χ0) is 17.3. The molecule has 0 fully saturated rings. The third-order valence-corrected chi connectivity index (χ3v) is 7.55. The van der Waals surface area contributed by atoms with Gasteiger partial charge in [-0.05, 0) is 47.9 Å². The fourth-order valence-electron chi connectivity index (χ4n) is 2.76. The molecule has 0 radical (unpaired) electrons. The van der Waals surface area contributed by atoms with E-state index >= 15 is 0 Å². The summed E-state index contributed by atoms with van der Waals surface area (Å²) in [5, 5.41) is 1.51. The second-order valence-corrected chi connectivity index (χ2v) is 13.6. The first-order valence-electron chi connectivity index (χ1n) is 8.27. The van der Waals surface area contributed by atoms with Crippen molar-refractivity contribution in [2.75, 3.05) is 0 Å². The number of thiophene rings is 1. The van der Waals surface area contributed by atoms with Crippen molar-refractivity contribution in [2.45, 2.75) is 33.0 Å². The van der Waals surface area contributed by atoms with Gasteiger partial charge in [0.1, 0.15) is 5.82 Å². The normalized spacial score (nSPS) is 11.7. The summed E-state index contributed by atoms with van der Waals surface area (Å²) in [6, 6.07) is 18.0. The zero-order valence-electron chi connectivity index (χ0n) is 14.7. The lowest BCUT2D eigenvalue weighted by Gasteiger charge is -2.18. The molecule has 124 valence electrons. The molecule has 0 saturated heterocycles. The van der Waals surface area contributed by atoms with Gasteiger partial charge in [-0.3, -0.25) is 0 Å². The maximum atomic E-state index is 13.1. The number of rotatable bonds is 4. The number of hydrogen-bond acceptors (Lipinski definition) is 1. The van der Waals surface area contributed by atoms with Crippen molar-refractivity contribution in [2.24, 2.45) is 0 Å². The van der Waals surface area contributed by atoms with Gasteiger partial charge in [0.2, 0.25) is 0 Å². The van der Waals surface area contributed by atoms with Gasteiger partial charge < -0.3 is 0 Å². The van der Waals surface area contributed by atoms with Crippen LogP contribution in [0.5, 0.6) is 0 Å². The molecule has 0 nitrogen and oxygen atoms in total. The lowest BCUT2D eigenvalue weighted by Crippen LogP contribution is -2.37. The predicted molar refractivity (Wildman–Crippen MR) is 107 cm³/mol. The summed E-state index contributed by atoms with van der Waals surface area (Å²) < 4.78 is 13.1. The molecule has 0 saturated carbocycles. The highest BCUT2D eigenvalue weighted by Crippen LogP contribution is 2.30. The van der Waals surface area contributed by atoms with Gasteiger partial charge in [-0.1, -0.05) is 55.2 Å². The Morgan fingerprint density at radius 2 is 1.62 bits per heavy atom. The molecule has 1 heterocycles. The van der Waals surface area contributed by atoms with Gasteiger partial charge in [-0.25, -0.2) is 4.39 Å². The van der Waals surface area contributed by atoms with Gasteiger partial charge in [0.05, 0.1) is 8.07 Å². The second-order valence-electron chi connectivity index (χ2n) is 7.34. The van der Waals surface area contributed by atoms with Crippen LogP contribution in [0.25, 0.3) is 10.4 Å². The number of benzene rings is 2. The second kappa shape index (κ2) is 6.65. The Bertz CT molecular complexity index is 841. The smallest absolute Gasteiger partial charge is 0.123 e. The molecular formula is C21H23FSSi. The van der Waals surface area contributed by atoms with Gasteiger partial charge in [0.25, 0.3) is 0 Å². The summed E-state index contributed by atoms with van der Waals surface area (Å²) in [4.78, 5) is 2.55. The minimum Gasteiger partial charge on any atom is -0.207 e. The van der Waals surface area contributed by atoms with Crippen LogP contribution in [-0.2, 0) is 6.42 Å². The first-order valence-corrected chi connectivity index (χ1v) is 12.6. The fourth-order valence-corrected chi connectivity index (χ4v) is 4.99. The molecule has 0 aliphatic rings. The average Bonchev–Trinajstić information content (AvgIpc) is 2.97. The topological polar surface area (TPSA) is 0 Å². The number of aryl methyl sites for hydroxylation is 1. The van der Waals surface area contributed by atoms with Gasteiger partial charge in [0, 0.05) is 16.2 Å². The van der Waals surface area contributed by atoms with Crippen LogP contribution in [0.1, 0.15) is 16.0 Å². The third kappa shape index (κ3) is 3.85. The molecule has 3 heteroatoms. The first-order chi connectivity index (χ1) is 11.3. The molecule has 2 aromatic carbocycles. The highest BCUT2D eigenvalue weighted by atomic mass is 32.1. The Balaban J connectivity index is 1.86. The summed E-state index contributed by atoms with van der Waals surface area (Å²) in [7, 11) is -1.29. The van der Waals surface area contributed by atoms with Gasteiger partial charge in [0.15, 0.2) is 0 Å². The van der Waals surface area contributed by atoms with E-state index < -0.39 is 8.07 Å². The van der Waals surface area contributed by atoms with E-state index in [0.717, 1.165) is 12.0 Å². The number of hydrogen-bond donors (Lipinski definition) is 0. The van der Waals surface area contributed by atoms with Crippen LogP contribution in [0.2, 0.25) is 19.6 Å². The number of halogens is 1. The van der Waals surface area contributed by atoms with Crippen LogP contribution in [0.3, 0.4) is 0 Å². The molecule has 3 rings (SSSR count). The molecule has 0 aliphatic carbocycles. The highest BCUT2D eigenvalue weighted by molar-refractivity contribution is 7.15. The first kappa shape index (κ1) is 17.1. The Morgan fingerprint density at radius 1 is 0.917 bits per heavy atom. The quantitative estimate of drug-likeness (QED) is 0.504. The fraction of sp³-hybridized carbons (Fsp3) is 0.238. The van der Waals surface area contributed by atoms with Crippen LogP contribution in [0, 0.1) is 12.7 Å². The molecule has 0 amide bonds. The standard InChI is InChI=1S/C21H23FSSi/c1-15-5-11-20(24(2,3)4)14-17(15)13-19-10-12-21(23-19)16-6-8-18(22)9-7-16/h5-12,14H,13H2,1-4H3. The lowest BCUT2D eigenvalue weighted by molar-refractivity contribution is 0.628. The largest absolute Gasteiger partial charge is 0.207 e. The van der Waals surface area contributed by atoms with E-state index in [-0.39, 0.29) is 5.82 Å². The van der Waals surface area contributed by atoms with E-state index in [1.165, 1.54) is 38.2 Å². The van der Waals surface area contributed by atoms with Crippen LogP contribution in [0.15, 0.2) is 54.6 Å². The minimum atomic E-state index is -1.29. The summed E-state index contributed by atoms with van der Waals surface area (Å²) in [5.74, 6) is -0.186. The molecule has 0 spiro atoms. The predicted octanol–water partition coefficient (Wildman–Crippen LogP) is 6.00. The SMILES string of the molecule is Cc1ccc([Si](C)(C)C)cc1Cc1ccc(-c2ccc(F)cc2)s1. The van der Waals surface area contributed by atoms with E-state index in [0.29, 0.717) is 0 Å². The van der Waals surface area contributed by atoms with Crippen LogP contribution < -0.4 is 5.19 Å². The summed E-state index contributed by atoms with van der Waals surface area (Å²) in [6.45, 7) is 9.36. The van der Waals surface area contributed by atoms with Crippen molar-refractivity contribution in [3.05, 3.63) is 76.4 Å². The molecule has 0 bridgehead atoms. The molecule has 0 unspecified atom stereocenters. The summed E-state index contributed by atoms with van der Waals surface area (Å²) >= 11 is 1.80. The molecule has 0 N–H and O–H groups in total. The average molecular weight is 355 g/mol. The molecule has 3 aromatic rings. The Labute approximate surface area is 149 Å². The molecule has 0 atom stereocenters. The molecule has 24 heavy (non-hydrogen) atoms. The lowest BCUT2D eigenvalue weighted by atomic mass is 10.1. The van der Waals surface area contributed by atoms with Crippen LogP contribution >= 0.6 is 11.3 Å². The van der Waals surface area contributed by atoms with E-state index in [9.17, 15) is 4.39 Å². The van der Waals surface area contributed by atoms with E-state index in [4.69, 9.17) is 0 Å². The van der Waals surface area contributed by atoms with Crippen molar-refractivity contribution >= 4 is 24.6 Å². The zero-order valence-corrected chi connectivity index (χ0v) is 16.5. The third-order valence-electron chi connectivity index (χ3n) is 4.37. The maximum absolute atomic E-state index is 13.1. The van der Waals surface area contributed by atoms with E-state index in [1.807, 2.05) is 12.1 Å². The van der Waals surface area contributed by atoms with Crippen LogP contribution in [0.4, 0.5) is 4.39 Å². The molecule has 1 aromatic heterocycles. The van der Waals surface area contributed by atoms with Crippen LogP contribution in [-0.4, -0.2) is 8.07 Å². The van der Waals surface area contributed by atoms with E-state index in [2.05, 4.69) is 56.9 Å². The minimum absolute atomic E-state index is 0.186. The van der Waals surface area contributed by atoms with Crippen molar-refractivity contribution < 1.29 is 4.39 Å². The van der Waals surface area contributed by atoms with Crippen molar-refractivity contribution in [3.8, 4) is 10.4 Å². The van der Waals surface area contributed by atoms with Crippen molar-refractivity contribution in [3.63, 3.8) is 0 Å². The molecular weight excluding hydrogens is 331 g/mol. The van der Waals surface area contributed by atoms with Crippen molar-refractivity contribution in [1.82, 2.24) is 0 Å².